The van der Waals surface area contributed by atoms with Gasteiger partial charge in [-0.1, -0.05) is 0 Å². The van der Waals surface area contributed by atoms with Gasteiger partial charge < -0.3 is 4.57 Å². The molecule has 1 aromatic rings. The van der Waals surface area contributed by atoms with Crippen molar-refractivity contribution in [1.82, 2.24) is 14.7 Å². The Morgan fingerprint density at radius 3 is 2.50 bits per heavy atom. The van der Waals surface area contributed by atoms with Gasteiger partial charge in [0.05, 0.1) is 0 Å². The van der Waals surface area contributed by atoms with Crippen LogP contribution in [0.2, 0.25) is 0 Å². The van der Waals surface area contributed by atoms with Crippen LogP contribution in [0.1, 0.15) is 0 Å². The number of imidazole rings is 1. The van der Waals surface area contributed by atoms with E-state index in [2.05, 4.69) is 4.98 Å². The van der Waals surface area contributed by atoms with Crippen LogP contribution in [0.5, 0.6) is 0 Å². The van der Waals surface area contributed by atoms with Gasteiger partial charge in [-0.15, -0.1) is 5.14 Å². The third kappa shape index (κ3) is 1.17. The molecule has 0 saturated heterocycles. The first kappa shape index (κ1) is 7.23. The number of hydrogen-bond donors (Lipinski definition) is 0. The molecule has 10 heavy (non-hydrogen) atoms. The van der Waals surface area contributed by atoms with Crippen LogP contribution in [0.3, 0.4) is 0 Å². The third-order valence-electron chi connectivity index (χ3n) is 1.02. The average molecular weight is 160 g/mol. The lowest BCUT2D eigenvalue weighted by Gasteiger charge is -1.94. The van der Waals surface area contributed by atoms with Crippen molar-refractivity contribution in [2.75, 3.05) is 0 Å². The lowest BCUT2D eigenvalue weighted by atomic mass is 10.9. The van der Waals surface area contributed by atoms with E-state index in [0.29, 0.717) is 0 Å². The molecular formula is C4H6N3O2S. The van der Waals surface area contributed by atoms with E-state index in [4.69, 9.17) is 5.14 Å². The monoisotopic (exact) mass is 160 g/mol. The summed E-state index contributed by atoms with van der Waals surface area (Å²) in [7, 11) is -2.37. The number of sulfonamides is 1. The largest absolute Gasteiger partial charge is 0.324 e. The molecule has 1 radical (unpaired) electrons. The van der Waals surface area contributed by atoms with Crippen LogP contribution in [-0.4, -0.2) is 18.0 Å². The molecule has 0 amide bonds. The van der Waals surface area contributed by atoms with Gasteiger partial charge in [0.15, 0.2) is 0 Å². The normalized spacial score (nSPS) is 11.8. The number of nitrogens with zero attached hydrogens (tertiary/aromatic N) is 2. The minimum atomic E-state index is -3.89. The SMILES string of the molecule is Cn1ccnc1S([NH])(=O)=O. The molecule has 0 unspecified atom stereocenters. The molecule has 55 valence electrons. The first-order valence-electron chi connectivity index (χ1n) is 2.49. The molecule has 6 heteroatoms. The summed E-state index contributed by atoms with van der Waals surface area (Å²) in [4.78, 5) is 3.47. The van der Waals surface area contributed by atoms with Gasteiger partial charge in [-0.2, -0.15) is 0 Å². The molecule has 0 fully saturated rings. The molecule has 0 aromatic carbocycles. The number of aryl methyl sites for hydroxylation is 1. The molecule has 1 N–H and O–H groups in total. The number of aromatic nitrogens is 2. The van der Waals surface area contributed by atoms with Gasteiger partial charge in [0.2, 0.25) is 5.16 Å². The Labute approximate surface area is 58.5 Å². The Hall–Kier alpha value is -0.880. The lowest BCUT2D eigenvalue weighted by molar-refractivity contribution is 0.579. The molecule has 5 nitrogen and oxygen atoms in total. The minimum absolute atomic E-state index is 0.229. The summed E-state index contributed by atoms with van der Waals surface area (Å²) >= 11 is 0. The zero-order valence-electron chi connectivity index (χ0n) is 5.27. The highest BCUT2D eigenvalue weighted by atomic mass is 32.2. The summed E-state index contributed by atoms with van der Waals surface area (Å²) in [6, 6.07) is 0. The lowest BCUT2D eigenvalue weighted by Crippen LogP contribution is -2.07. The highest BCUT2D eigenvalue weighted by molar-refractivity contribution is 7.88. The van der Waals surface area contributed by atoms with Crippen molar-refractivity contribution in [2.45, 2.75) is 5.16 Å². The molecule has 1 rings (SSSR count). The van der Waals surface area contributed by atoms with Crippen molar-refractivity contribution < 1.29 is 8.42 Å². The number of hydrogen-bond acceptors (Lipinski definition) is 3. The van der Waals surface area contributed by atoms with E-state index >= 15 is 0 Å². The first-order chi connectivity index (χ1) is 4.52. The molecular weight excluding hydrogens is 154 g/mol. The summed E-state index contributed by atoms with van der Waals surface area (Å²) in [5.41, 5.74) is 0. The molecule has 1 aromatic heterocycles. The van der Waals surface area contributed by atoms with Crippen LogP contribution < -0.4 is 5.14 Å². The van der Waals surface area contributed by atoms with Crippen LogP contribution in [0, 0.1) is 0 Å². The average Bonchev–Trinajstić information content (AvgIpc) is 2.11. The molecule has 1 heterocycles. The maximum absolute atomic E-state index is 10.5. The standard InChI is InChI=1S/C4H6N3O2S/c1-7-3-2-6-4(7)10(5,8)9/h2-3,5H,1H3. The van der Waals surface area contributed by atoms with Crippen LogP contribution in [0.25, 0.3) is 0 Å². The topological polar surface area (TPSA) is 75.8 Å². The highest BCUT2D eigenvalue weighted by Gasteiger charge is 2.12. The van der Waals surface area contributed by atoms with E-state index in [1.165, 1.54) is 24.0 Å². The molecule has 0 aliphatic heterocycles. The van der Waals surface area contributed by atoms with Gasteiger partial charge in [-0.3, -0.25) is 0 Å². The quantitative estimate of drug-likeness (QED) is 0.550. The Kier molecular flexibility index (Phi) is 1.49. The summed E-state index contributed by atoms with van der Waals surface area (Å²) < 4.78 is 22.3. The summed E-state index contributed by atoms with van der Waals surface area (Å²) in [6.45, 7) is 0. The minimum Gasteiger partial charge on any atom is -0.324 e. The second-order valence-electron chi connectivity index (χ2n) is 1.82. The molecule has 0 aliphatic rings. The van der Waals surface area contributed by atoms with E-state index in [0.717, 1.165) is 0 Å². The Balaban J connectivity index is 3.32. The highest BCUT2D eigenvalue weighted by Crippen LogP contribution is 2.00. The van der Waals surface area contributed by atoms with Crippen LogP contribution in [0.4, 0.5) is 0 Å². The van der Waals surface area contributed by atoms with Crippen molar-refractivity contribution in [3.05, 3.63) is 12.4 Å². The van der Waals surface area contributed by atoms with Crippen LogP contribution in [0.15, 0.2) is 17.6 Å². The van der Waals surface area contributed by atoms with Crippen molar-refractivity contribution in [1.29, 1.82) is 0 Å². The Morgan fingerprint density at radius 1 is 1.70 bits per heavy atom. The van der Waals surface area contributed by atoms with E-state index in [1.54, 1.807) is 0 Å². The number of rotatable bonds is 1. The van der Waals surface area contributed by atoms with Gasteiger partial charge in [-0.25, -0.2) is 13.4 Å². The second-order valence-corrected chi connectivity index (χ2v) is 3.20. The van der Waals surface area contributed by atoms with E-state index in [1.807, 2.05) is 0 Å². The van der Waals surface area contributed by atoms with Gasteiger partial charge in [0.25, 0.3) is 10.0 Å². The van der Waals surface area contributed by atoms with Crippen LogP contribution in [-0.2, 0) is 17.1 Å². The summed E-state index contributed by atoms with van der Waals surface area (Å²) in [5, 5.41) is 6.39. The Bertz CT molecular complexity index is 326. The van der Waals surface area contributed by atoms with E-state index in [-0.39, 0.29) is 5.16 Å². The van der Waals surface area contributed by atoms with E-state index in [9.17, 15) is 8.42 Å². The summed E-state index contributed by atoms with van der Waals surface area (Å²) in [5.74, 6) is 0. The molecule has 0 spiro atoms. The summed E-state index contributed by atoms with van der Waals surface area (Å²) in [6.07, 6.45) is 2.81. The van der Waals surface area contributed by atoms with Crippen molar-refractivity contribution in [2.24, 2.45) is 7.05 Å². The van der Waals surface area contributed by atoms with Crippen molar-refractivity contribution in [3.63, 3.8) is 0 Å². The fourth-order valence-electron chi connectivity index (χ4n) is 0.611. The fraction of sp³-hybridized carbons (Fsp3) is 0.250. The van der Waals surface area contributed by atoms with Gasteiger partial charge in [0.1, 0.15) is 0 Å². The van der Waals surface area contributed by atoms with Gasteiger partial charge in [0, 0.05) is 19.4 Å². The predicted molar refractivity (Wildman–Crippen MR) is 33.5 cm³/mol. The predicted octanol–water partition coefficient (Wildman–Crippen LogP) is -0.608. The molecule has 0 saturated carbocycles. The molecule has 0 atom stereocenters. The Morgan fingerprint density at radius 2 is 2.30 bits per heavy atom. The van der Waals surface area contributed by atoms with Crippen molar-refractivity contribution in [3.8, 4) is 0 Å². The zero-order valence-corrected chi connectivity index (χ0v) is 6.09. The first-order valence-corrected chi connectivity index (χ1v) is 3.97. The van der Waals surface area contributed by atoms with Gasteiger partial charge >= 0.3 is 0 Å². The smallest absolute Gasteiger partial charge is 0.288 e. The van der Waals surface area contributed by atoms with Crippen LogP contribution >= 0.6 is 0 Å². The van der Waals surface area contributed by atoms with E-state index < -0.39 is 10.0 Å². The molecule has 0 bridgehead atoms. The molecule has 0 aliphatic carbocycles. The maximum Gasteiger partial charge on any atom is 0.288 e. The van der Waals surface area contributed by atoms with Crippen molar-refractivity contribution >= 4 is 10.0 Å². The third-order valence-corrected chi connectivity index (χ3v) is 1.89. The van der Waals surface area contributed by atoms with Gasteiger partial charge in [-0.05, 0) is 0 Å². The number of nitrogens with one attached hydrogen (secondary N) is 1. The second kappa shape index (κ2) is 2.06. The zero-order chi connectivity index (χ0) is 7.78. The fourth-order valence-corrected chi connectivity index (χ4v) is 1.25. The maximum atomic E-state index is 10.5.